The minimum Gasteiger partial charge on any atom is -0.492 e. The first-order valence-corrected chi connectivity index (χ1v) is 12.7. The molecule has 1 unspecified atom stereocenters. The molecule has 0 radical (unpaired) electrons. The maximum Gasteiger partial charge on any atom is 0.349 e. The third-order valence-electron chi connectivity index (χ3n) is 7.51. The minimum absolute atomic E-state index is 0.0135. The van der Waals surface area contributed by atoms with E-state index >= 15 is 8.78 Å². The number of carbonyl (C=O) groups excluding carboxylic acids is 2. The Kier molecular flexibility index (Phi) is 6.00. The van der Waals surface area contributed by atoms with Crippen LogP contribution in [0, 0.1) is 11.3 Å². The van der Waals surface area contributed by atoms with Gasteiger partial charge in [0.15, 0.2) is 5.69 Å². The second kappa shape index (κ2) is 8.99. The monoisotopic (exact) mass is 600 g/mol. The van der Waals surface area contributed by atoms with Crippen molar-refractivity contribution in [2.45, 2.75) is 24.2 Å². The first kappa shape index (κ1) is 26.7. The highest BCUT2D eigenvalue weighted by Gasteiger charge is 2.66. The van der Waals surface area contributed by atoms with Crippen LogP contribution in [-0.4, -0.2) is 79.0 Å². The molecule has 1 aromatic carbocycles. The van der Waals surface area contributed by atoms with Gasteiger partial charge in [-0.15, -0.1) is 10.2 Å². The smallest absolute Gasteiger partial charge is 0.349 e. The lowest BCUT2D eigenvalue weighted by molar-refractivity contribution is -0.147. The zero-order chi connectivity index (χ0) is 28.6. The number of hydrogen-bond acceptors (Lipinski definition) is 8. The molecule has 2 saturated heterocycles. The summed E-state index contributed by atoms with van der Waals surface area (Å²) in [6, 6.07) is 3.24. The van der Waals surface area contributed by atoms with Crippen LogP contribution in [0.25, 0.3) is 0 Å². The van der Waals surface area contributed by atoms with Crippen LogP contribution in [0.4, 0.5) is 17.6 Å². The average Bonchev–Trinajstić information content (AvgIpc) is 3.24. The molecule has 16 heteroatoms. The molecule has 4 heterocycles. The molecule has 3 aliphatic rings. The number of aromatic hydroxyl groups is 1. The largest absolute Gasteiger partial charge is 0.492 e. The Bertz CT molecular complexity index is 1530. The van der Waals surface area contributed by atoms with E-state index in [9.17, 15) is 23.5 Å². The number of carbonyl (C=O) groups is 2. The van der Waals surface area contributed by atoms with Crippen molar-refractivity contribution >= 4 is 35.0 Å². The van der Waals surface area contributed by atoms with Crippen molar-refractivity contribution in [3.63, 3.8) is 0 Å². The second-order valence-electron chi connectivity index (χ2n) is 10.2. The number of alkyl halides is 4. The number of amides is 2. The maximum atomic E-state index is 15.3. The van der Waals surface area contributed by atoms with Crippen molar-refractivity contribution in [3.05, 3.63) is 63.7 Å². The number of nitrogens with zero attached hydrogens (tertiary/aromatic N) is 6. The lowest BCUT2D eigenvalue weighted by atomic mass is 9.71. The van der Waals surface area contributed by atoms with Crippen molar-refractivity contribution in [3.8, 4) is 5.88 Å². The molecular formula is C24H18Cl2F4N6O4. The third kappa shape index (κ3) is 4.33. The number of hydrogen-bond donors (Lipinski definition) is 1. The Morgan fingerprint density at radius 1 is 1.07 bits per heavy atom. The minimum atomic E-state index is -3.74. The predicted molar refractivity (Wildman–Crippen MR) is 128 cm³/mol. The number of aromatic nitrogens is 4. The van der Waals surface area contributed by atoms with E-state index in [1.54, 1.807) is 0 Å². The highest BCUT2D eigenvalue weighted by atomic mass is 35.5. The normalized spacial score (nSPS) is 22.9. The fourth-order valence-corrected chi connectivity index (χ4v) is 5.59. The molecule has 1 spiro atoms. The van der Waals surface area contributed by atoms with Gasteiger partial charge >= 0.3 is 5.92 Å². The van der Waals surface area contributed by atoms with E-state index in [4.69, 9.17) is 27.6 Å². The summed E-state index contributed by atoms with van der Waals surface area (Å²) in [5.41, 5.74) is -1.64. The molecule has 2 atom stereocenters. The Morgan fingerprint density at radius 3 is 2.42 bits per heavy atom. The Hall–Kier alpha value is -3.52. The quantitative estimate of drug-likeness (QED) is 0.439. The van der Waals surface area contributed by atoms with Gasteiger partial charge in [0.2, 0.25) is 17.7 Å². The van der Waals surface area contributed by atoms with Crippen LogP contribution in [0.2, 0.25) is 10.0 Å². The zero-order valence-electron chi connectivity index (χ0n) is 20.2. The molecule has 0 bridgehead atoms. The summed E-state index contributed by atoms with van der Waals surface area (Å²) in [7, 11) is 0. The van der Waals surface area contributed by atoms with Gasteiger partial charge in [-0.25, -0.2) is 13.8 Å². The van der Waals surface area contributed by atoms with E-state index in [1.807, 2.05) is 0 Å². The molecule has 3 fully saturated rings. The molecule has 2 aromatic heterocycles. The summed E-state index contributed by atoms with van der Waals surface area (Å²) in [6.07, 6.45) is 1.66. The molecule has 6 rings (SSSR count). The van der Waals surface area contributed by atoms with Crippen molar-refractivity contribution in [1.29, 1.82) is 0 Å². The summed E-state index contributed by atoms with van der Waals surface area (Å²) < 4.78 is 63.0. The van der Waals surface area contributed by atoms with Crippen molar-refractivity contribution < 1.29 is 36.7 Å². The molecule has 1 saturated carbocycles. The zero-order valence-corrected chi connectivity index (χ0v) is 21.7. The molecule has 10 nitrogen and oxygen atoms in total. The molecular weight excluding hydrogens is 583 g/mol. The first-order valence-electron chi connectivity index (χ1n) is 11.9. The maximum absolute atomic E-state index is 15.3. The van der Waals surface area contributed by atoms with Gasteiger partial charge in [0.05, 0.1) is 28.4 Å². The summed E-state index contributed by atoms with van der Waals surface area (Å²) in [5, 5.41) is 17.0. The van der Waals surface area contributed by atoms with E-state index in [0.29, 0.717) is 0 Å². The van der Waals surface area contributed by atoms with E-state index in [1.165, 1.54) is 15.9 Å². The molecule has 1 N–H and O–H groups in total. The highest BCUT2D eigenvalue weighted by Crippen LogP contribution is 2.54. The van der Waals surface area contributed by atoms with Gasteiger partial charge in [-0.3, -0.25) is 14.6 Å². The first-order chi connectivity index (χ1) is 18.8. The highest BCUT2D eigenvalue weighted by molar-refractivity contribution is 6.42. The van der Waals surface area contributed by atoms with Gasteiger partial charge in [-0.2, -0.15) is 8.78 Å². The lowest BCUT2D eigenvalue weighted by Crippen LogP contribution is -2.62. The molecule has 210 valence electrons. The van der Waals surface area contributed by atoms with Crippen LogP contribution in [0.3, 0.4) is 0 Å². The van der Waals surface area contributed by atoms with Gasteiger partial charge in [0.25, 0.3) is 17.7 Å². The Balaban J connectivity index is 1.29. The Morgan fingerprint density at radius 2 is 1.77 bits per heavy atom. The second-order valence-corrected chi connectivity index (χ2v) is 11.0. The van der Waals surface area contributed by atoms with Crippen LogP contribution in [0.5, 0.6) is 5.88 Å². The van der Waals surface area contributed by atoms with Crippen LogP contribution >= 0.6 is 23.2 Å². The van der Waals surface area contributed by atoms with Crippen LogP contribution in [0.1, 0.15) is 40.2 Å². The SMILES string of the molecule is O=C(c1cncc(O)n1)N1CC(c2nnc(C(F)(F)c3ccc(Cl)c(Cl)c3)o2)C2(C1)CN(C(=O)[C@H]1CC1(F)F)C2. The van der Waals surface area contributed by atoms with Gasteiger partial charge < -0.3 is 19.3 Å². The van der Waals surface area contributed by atoms with E-state index in [2.05, 4.69) is 20.2 Å². The van der Waals surface area contributed by atoms with Crippen molar-refractivity contribution in [2.75, 3.05) is 26.2 Å². The molecule has 1 aliphatic carbocycles. The number of halogens is 6. The van der Waals surface area contributed by atoms with Crippen molar-refractivity contribution in [1.82, 2.24) is 30.0 Å². The fraction of sp³-hybridized carbons (Fsp3) is 0.417. The van der Waals surface area contributed by atoms with E-state index < -0.39 is 64.7 Å². The summed E-state index contributed by atoms with van der Waals surface area (Å²) >= 11 is 11.7. The predicted octanol–water partition coefficient (Wildman–Crippen LogP) is 3.74. The lowest BCUT2D eigenvalue weighted by Gasteiger charge is -2.50. The molecule has 2 amide bonds. The number of rotatable bonds is 5. The van der Waals surface area contributed by atoms with E-state index in [0.717, 1.165) is 24.5 Å². The molecule has 40 heavy (non-hydrogen) atoms. The van der Waals surface area contributed by atoms with Crippen LogP contribution < -0.4 is 0 Å². The van der Waals surface area contributed by atoms with Gasteiger partial charge in [-0.05, 0) is 12.1 Å². The Labute approximate surface area is 232 Å². The summed E-state index contributed by atoms with van der Waals surface area (Å²) in [4.78, 5) is 35.8. The summed E-state index contributed by atoms with van der Waals surface area (Å²) in [5.74, 6) is -12.0. The number of benzene rings is 1. The molecule has 2 aliphatic heterocycles. The van der Waals surface area contributed by atoms with Crippen molar-refractivity contribution in [2.24, 2.45) is 11.3 Å². The fourth-order valence-electron chi connectivity index (χ4n) is 5.29. The summed E-state index contributed by atoms with van der Waals surface area (Å²) in [6.45, 7) is -0.129. The number of likely N-dealkylation sites (tertiary alicyclic amines) is 2. The standard InChI is InChI=1S/C24H18Cl2F4N6O4/c25-14-2-1-11(3-15(14)26)24(29,30)21-34-33-18(40-21)13-7-35(20(39)16-5-31-6-17(37)32-16)8-22(13)9-36(10-22)19(38)12-4-23(12,27)28/h1-3,5-6,12-13H,4,7-10H2,(H,32,37)/t12-,13?/m1/s1. The van der Waals surface area contributed by atoms with E-state index in [-0.39, 0.29) is 47.8 Å². The van der Waals surface area contributed by atoms with Crippen LogP contribution in [-0.2, 0) is 10.7 Å². The van der Waals surface area contributed by atoms with Gasteiger partial charge in [-0.1, -0.05) is 29.3 Å². The average molecular weight is 601 g/mol. The van der Waals surface area contributed by atoms with Gasteiger partial charge in [0.1, 0.15) is 5.92 Å². The topological polar surface area (TPSA) is 126 Å². The van der Waals surface area contributed by atoms with Gasteiger partial charge in [0, 0.05) is 43.6 Å². The van der Waals surface area contributed by atoms with Crippen LogP contribution in [0.15, 0.2) is 35.0 Å². The third-order valence-corrected chi connectivity index (χ3v) is 8.25. The molecule has 3 aromatic rings.